The van der Waals surface area contributed by atoms with Gasteiger partial charge in [0.15, 0.2) is 6.61 Å². The summed E-state index contributed by atoms with van der Waals surface area (Å²) in [5.74, 6) is 0.271. The van der Waals surface area contributed by atoms with E-state index in [1.165, 1.54) is 24.3 Å². The molecule has 0 spiro atoms. The number of hydrogen-bond donors (Lipinski definition) is 0. The van der Waals surface area contributed by atoms with Gasteiger partial charge in [0, 0.05) is 32.1 Å². The van der Waals surface area contributed by atoms with Crippen molar-refractivity contribution < 1.29 is 18.3 Å². The zero-order chi connectivity index (χ0) is 23.8. The van der Waals surface area contributed by atoms with Gasteiger partial charge in [0.05, 0.1) is 0 Å². The van der Waals surface area contributed by atoms with Crippen molar-refractivity contribution >= 4 is 5.91 Å². The van der Waals surface area contributed by atoms with Crippen LogP contribution in [0.25, 0.3) is 0 Å². The van der Waals surface area contributed by atoms with Crippen molar-refractivity contribution in [1.82, 2.24) is 9.80 Å². The number of amides is 1. The van der Waals surface area contributed by atoms with E-state index in [0.717, 1.165) is 43.6 Å². The van der Waals surface area contributed by atoms with Crippen molar-refractivity contribution in [3.8, 4) is 5.75 Å². The summed E-state index contributed by atoms with van der Waals surface area (Å²) in [6.07, 6.45) is 1.83. The van der Waals surface area contributed by atoms with Crippen LogP contribution in [0.4, 0.5) is 8.78 Å². The molecule has 6 heteroatoms. The first kappa shape index (κ1) is 23.9. The Morgan fingerprint density at radius 1 is 0.794 bits per heavy atom. The van der Waals surface area contributed by atoms with E-state index in [1.807, 2.05) is 59.5 Å². The van der Waals surface area contributed by atoms with E-state index in [2.05, 4.69) is 4.90 Å². The van der Waals surface area contributed by atoms with Crippen LogP contribution in [0.3, 0.4) is 0 Å². The number of para-hydroxylation sites is 1. The first-order chi connectivity index (χ1) is 16.6. The molecule has 0 aliphatic carbocycles. The van der Waals surface area contributed by atoms with Crippen LogP contribution in [0.2, 0.25) is 0 Å². The Bertz CT molecular complexity index is 989. The molecule has 178 valence electrons. The molecule has 0 atom stereocenters. The van der Waals surface area contributed by atoms with Crippen molar-refractivity contribution in [2.75, 3.05) is 39.3 Å². The highest BCUT2D eigenvalue weighted by Gasteiger charge is 2.22. The Labute approximate surface area is 199 Å². The second kappa shape index (κ2) is 11.7. The summed E-state index contributed by atoms with van der Waals surface area (Å²) in [6.45, 7) is 4.01. The van der Waals surface area contributed by atoms with Gasteiger partial charge in [-0.05, 0) is 66.9 Å². The Morgan fingerprint density at radius 2 is 1.35 bits per heavy atom. The smallest absolute Gasteiger partial charge is 0.260 e. The molecule has 1 aliphatic rings. The number of carbonyl (C=O) groups is 1. The summed E-state index contributed by atoms with van der Waals surface area (Å²) in [6, 6.07) is 22.5. The predicted molar refractivity (Wildman–Crippen MR) is 129 cm³/mol. The van der Waals surface area contributed by atoms with E-state index >= 15 is 0 Å². The molecule has 1 aliphatic heterocycles. The highest BCUT2D eigenvalue weighted by molar-refractivity contribution is 5.77. The molecule has 0 radical (unpaired) electrons. The first-order valence-electron chi connectivity index (χ1n) is 11.8. The number of ether oxygens (including phenoxy) is 1. The van der Waals surface area contributed by atoms with Gasteiger partial charge < -0.3 is 9.64 Å². The lowest BCUT2D eigenvalue weighted by atomic mass is 9.87. The maximum absolute atomic E-state index is 13.4. The maximum Gasteiger partial charge on any atom is 0.260 e. The molecule has 0 bridgehead atoms. The van der Waals surface area contributed by atoms with Crippen molar-refractivity contribution in [3.05, 3.63) is 102 Å². The second-order valence-electron chi connectivity index (χ2n) is 8.62. The molecule has 4 rings (SSSR count). The van der Waals surface area contributed by atoms with Gasteiger partial charge in [0.2, 0.25) is 0 Å². The van der Waals surface area contributed by atoms with Gasteiger partial charge in [0.25, 0.3) is 5.91 Å². The van der Waals surface area contributed by atoms with Crippen molar-refractivity contribution in [1.29, 1.82) is 0 Å². The third kappa shape index (κ3) is 6.64. The number of carbonyl (C=O) groups excluding carboxylic acids is 1. The molecule has 1 amide bonds. The van der Waals surface area contributed by atoms with Crippen LogP contribution in [0.5, 0.6) is 5.75 Å². The number of rotatable bonds is 9. The highest BCUT2D eigenvalue weighted by atomic mass is 19.1. The quantitative estimate of drug-likeness (QED) is 0.442. The molecule has 1 heterocycles. The summed E-state index contributed by atoms with van der Waals surface area (Å²) in [5, 5.41) is 0. The molecule has 0 aromatic heterocycles. The Kier molecular flexibility index (Phi) is 8.26. The zero-order valence-electron chi connectivity index (χ0n) is 19.2. The number of hydrogen-bond acceptors (Lipinski definition) is 3. The SMILES string of the molecule is O=C(COc1ccccc1)N1CCN(CCCC(c2ccc(F)cc2)c2ccc(F)cc2)CC1. The Hall–Kier alpha value is -3.25. The molecular formula is C28H30F2N2O2. The summed E-state index contributed by atoms with van der Waals surface area (Å²) >= 11 is 0. The number of nitrogens with zero attached hydrogens (tertiary/aromatic N) is 2. The van der Waals surface area contributed by atoms with Gasteiger partial charge in [0.1, 0.15) is 17.4 Å². The van der Waals surface area contributed by atoms with Crippen molar-refractivity contribution in [2.45, 2.75) is 18.8 Å². The highest BCUT2D eigenvalue weighted by Crippen LogP contribution is 2.30. The molecular weight excluding hydrogens is 434 g/mol. The minimum atomic E-state index is -0.261. The van der Waals surface area contributed by atoms with E-state index in [4.69, 9.17) is 4.74 Å². The van der Waals surface area contributed by atoms with Gasteiger partial charge in [-0.3, -0.25) is 9.69 Å². The molecule has 4 nitrogen and oxygen atoms in total. The number of piperazine rings is 1. The van der Waals surface area contributed by atoms with Gasteiger partial charge in [-0.25, -0.2) is 8.78 Å². The third-order valence-corrected chi connectivity index (χ3v) is 6.34. The predicted octanol–water partition coefficient (Wildman–Crippen LogP) is 5.10. The minimum absolute atomic E-state index is 0.0104. The fraction of sp³-hybridized carbons (Fsp3) is 0.321. The van der Waals surface area contributed by atoms with Gasteiger partial charge in [-0.2, -0.15) is 0 Å². The normalized spacial score (nSPS) is 14.4. The van der Waals surface area contributed by atoms with E-state index in [0.29, 0.717) is 18.8 Å². The first-order valence-corrected chi connectivity index (χ1v) is 11.8. The van der Waals surface area contributed by atoms with Crippen LogP contribution in [0, 0.1) is 11.6 Å². The van der Waals surface area contributed by atoms with Crippen molar-refractivity contribution in [2.24, 2.45) is 0 Å². The fourth-order valence-electron chi connectivity index (χ4n) is 4.41. The largest absolute Gasteiger partial charge is 0.484 e. The van der Waals surface area contributed by atoms with Crippen molar-refractivity contribution in [3.63, 3.8) is 0 Å². The van der Waals surface area contributed by atoms with Crippen LogP contribution in [-0.4, -0.2) is 55.0 Å². The van der Waals surface area contributed by atoms with E-state index in [9.17, 15) is 13.6 Å². The monoisotopic (exact) mass is 464 g/mol. The summed E-state index contributed by atoms with van der Waals surface area (Å²) in [5.41, 5.74) is 2.06. The van der Waals surface area contributed by atoms with E-state index < -0.39 is 0 Å². The average Bonchev–Trinajstić information content (AvgIpc) is 2.88. The Morgan fingerprint density at radius 3 is 1.91 bits per heavy atom. The summed E-state index contributed by atoms with van der Waals surface area (Å²) in [4.78, 5) is 16.7. The fourth-order valence-corrected chi connectivity index (χ4v) is 4.41. The van der Waals surface area contributed by atoms with Crippen LogP contribution in [0.15, 0.2) is 78.9 Å². The van der Waals surface area contributed by atoms with Crippen LogP contribution in [0.1, 0.15) is 29.9 Å². The molecule has 0 N–H and O–H groups in total. The molecule has 1 fully saturated rings. The zero-order valence-corrected chi connectivity index (χ0v) is 19.2. The van der Waals surface area contributed by atoms with E-state index in [-0.39, 0.29) is 30.1 Å². The number of benzene rings is 3. The van der Waals surface area contributed by atoms with Gasteiger partial charge in [-0.1, -0.05) is 42.5 Å². The van der Waals surface area contributed by atoms with Gasteiger partial charge >= 0.3 is 0 Å². The lowest BCUT2D eigenvalue weighted by Crippen LogP contribution is -2.50. The number of halogens is 2. The second-order valence-corrected chi connectivity index (χ2v) is 8.62. The topological polar surface area (TPSA) is 32.8 Å². The summed E-state index contributed by atoms with van der Waals surface area (Å²) < 4.78 is 32.4. The van der Waals surface area contributed by atoms with Gasteiger partial charge in [-0.15, -0.1) is 0 Å². The summed E-state index contributed by atoms with van der Waals surface area (Å²) in [7, 11) is 0. The lowest BCUT2D eigenvalue weighted by Gasteiger charge is -2.35. The minimum Gasteiger partial charge on any atom is -0.484 e. The molecule has 0 unspecified atom stereocenters. The van der Waals surface area contributed by atoms with Crippen LogP contribution < -0.4 is 4.74 Å². The molecule has 34 heavy (non-hydrogen) atoms. The maximum atomic E-state index is 13.4. The third-order valence-electron chi connectivity index (χ3n) is 6.34. The van der Waals surface area contributed by atoms with Crippen LogP contribution >= 0.6 is 0 Å². The van der Waals surface area contributed by atoms with Crippen LogP contribution in [-0.2, 0) is 4.79 Å². The molecule has 3 aromatic rings. The molecule has 1 saturated heterocycles. The average molecular weight is 465 g/mol. The van der Waals surface area contributed by atoms with E-state index in [1.54, 1.807) is 0 Å². The molecule has 3 aromatic carbocycles. The standard InChI is InChI=1S/C28H30F2N2O2/c29-24-12-8-22(9-13-24)27(23-10-14-25(30)15-11-23)7-4-16-31-17-19-32(20-18-31)28(33)21-34-26-5-2-1-3-6-26/h1-3,5-6,8-15,27H,4,7,16-21H2. The lowest BCUT2D eigenvalue weighted by molar-refractivity contribution is -0.135. The molecule has 0 saturated carbocycles. The Balaban J connectivity index is 1.25.